The van der Waals surface area contributed by atoms with E-state index in [4.69, 9.17) is 8.85 Å². The largest absolute Gasteiger partial charge is 0.391 e. The van der Waals surface area contributed by atoms with E-state index in [-0.39, 0.29) is 0 Å². The van der Waals surface area contributed by atoms with E-state index in [1.165, 1.54) is 0 Å². The van der Waals surface area contributed by atoms with Crippen LogP contribution in [0.15, 0.2) is 12.3 Å². The quantitative estimate of drug-likeness (QED) is 0.572. The van der Waals surface area contributed by atoms with E-state index in [1.807, 2.05) is 12.2 Å². The molecule has 3 heteroatoms. The van der Waals surface area contributed by atoms with Gasteiger partial charge in [0, 0.05) is 13.2 Å². The molecule has 0 unspecified atom stereocenters. The highest BCUT2D eigenvalue weighted by molar-refractivity contribution is 6.71. The fourth-order valence-electron chi connectivity index (χ4n) is 0.769. The summed E-state index contributed by atoms with van der Waals surface area (Å²) in [7, 11) is -2.00. The van der Waals surface area contributed by atoms with E-state index >= 15 is 0 Å². The van der Waals surface area contributed by atoms with Crippen LogP contribution < -0.4 is 0 Å². The molecule has 0 aliphatic carbocycles. The molecule has 0 amide bonds. The average molecular weight is 188 g/mol. The van der Waals surface area contributed by atoms with Crippen molar-refractivity contribution in [3.8, 4) is 0 Å². The summed E-state index contributed by atoms with van der Waals surface area (Å²) in [6, 6.07) is 0. The Balaban J connectivity index is 3.78. The predicted molar refractivity (Wildman–Crippen MR) is 54.3 cm³/mol. The second-order valence-corrected chi connectivity index (χ2v) is 5.93. The first kappa shape index (κ1) is 11.9. The van der Waals surface area contributed by atoms with E-state index in [0.29, 0.717) is 0 Å². The molecule has 0 rings (SSSR count). The Morgan fingerprint density at radius 1 is 1.17 bits per heavy atom. The highest BCUT2D eigenvalue weighted by Crippen LogP contribution is 2.08. The van der Waals surface area contributed by atoms with Crippen LogP contribution in [0.2, 0.25) is 6.55 Å². The normalized spacial score (nSPS) is 11.6. The third-order valence-corrected chi connectivity index (χ3v) is 3.85. The maximum absolute atomic E-state index is 5.63. The third kappa shape index (κ3) is 4.69. The molecule has 0 saturated heterocycles. The number of hydrogen-bond acceptors (Lipinski definition) is 2. The van der Waals surface area contributed by atoms with Gasteiger partial charge in [-0.25, -0.2) is 0 Å². The van der Waals surface area contributed by atoms with Gasteiger partial charge in [-0.15, -0.1) is 6.58 Å². The molecule has 0 spiro atoms. The first-order valence-electron chi connectivity index (χ1n) is 4.60. The van der Waals surface area contributed by atoms with Crippen molar-refractivity contribution in [2.24, 2.45) is 0 Å². The van der Waals surface area contributed by atoms with Gasteiger partial charge in [-0.1, -0.05) is 13.8 Å². The highest BCUT2D eigenvalue weighted by Gasteiger charge is 2.26. The Bertz CT molecular complexity index is 118. The minimum atomic E-state index is -2.00. The van der Waals surface area contributed by atoms with Crippen molar-refractivity contribution in [2.75, 3.05) is 13.2 Å². The molecule has 0 heterocycles. The summed E-state index contributed by atoms with van der Waals surface area (Å²) >= 11 is 0. The molecule has 0 atom stereocenters. The lowest BCUT2D eigenvalue weighted by molar-refractivity contribution is 0.184. The topological polar surface area (TPSA) is 18.5 Å². The van der Waals surface area contributed by atoms with Crippen LogP contribution >= 0.6 is 0 Å². The van der Waals surface area contributed by atoms with Gasteiger partial charge >= 0.3 is 8.56 Å². The molecule has 0 aliphatic rings. The minimum Gasteiger partial charge on any atom is -0.391 e. The van der Waals surface area contributed by atoms with Crippen LogP contribution in [-0.2, 0) is 8.85 Å². The van der Waals surface area contributed by atoms with E-state index in [0.717, 1.165) is 26.1 Å². The van der Waals surface area contributed by atoms with E-state index < -0.39 is 8.56 Å². The van der Waals surface area contributed by atoms with Gasteiger partial charge in [0.25, 0.3) is 0 Å². The summed E-state index contributed by atoms with van der Waals surface area (Å²) in [6.07, 6.45) is 2.07. The van der Waals surface area contributed by atoms with E-state index in [9.17, 15) is 0 Å². The van der Waals surface area contributed by atoms with Crippen LogP contribution in [0.5, 0.6) is 0 Å². The number of hydrogen-bond donors (Lipinski definition) is 0. The molecule has 0 N–H and O–H groups in total. The van der Waals surface area contributed by atoms with Gasteiger partial charge in [-0.2, -0.15) is 0 Å². The van der Waals surface area contributed by atoms with Crippen LogP contribution in [0.1, 0.15) is 26.7 Å². The molecule has 12 heavy (non-hydrogen) atoms. The van der Waals surface area contributed by atoms with Crippen molar-refractivity contribution in [2.45, 2.75) is 33.2 Å². The molecule has 0 radical (unpaired) electrons. The molecule has 0 bridgehead atoms. The van der Waals surface area contributed by atoms with Crippen molar-refractivity contribution in [3.63, 3.8) is 0 Å². The van der Waals surface area contributed by atoms with Gasteiger partial charge in [-0.05, 0) is 25.1 Å². The molecule has 2 nitrogen and oxygen atoms in total. The summed E-state index contributed by atoms with van der Waals surface area (Å²) < 4.78 is 11.3. The fraction of sp³-hybridized carbons (Fsp3) is 0.778. The molecule has 0 saturated carbocycles. The van der Waals surface area contributed by atoms with Gasteiger partial charge in [-0.3, -0.25) is 0 Å². The Morgan fingerprint density at radius 3 is 1.83 bits per heavy atom. The van der Waals surface area contributed by atoms with Crippen molar-refractivity contribution in [3.05, 3.63) is 12.3 Å². The lowest BCUT2D eigenvalue weighted by Gasteiger charge is -2.22. The SMILES string of the molecule is C=C[Si](C)(OCCC)OCCC. The van der Waals surface area contributed by atoms with Crippen LogP contribution in [-0.4, -0.2) is 21.8 Å². The predicted octanol–water partition coefficient (Wildman–Crippen LogP) is 2.64. The summed E-state index contributed by atoms with van der Waals surface area (Å²) in [5.74, 6) is 0. The van der Waals surface area contributed by atoms with Crippen molar-refractivity contribution in [1.29, 1.82) is 0 Å². The molecule has 0 aromatic rings. The molecule has 72 valence electrons. The zero-order valence-electron chi connectivity index (χ0n) is 8.43. The maximum Gasteiger partial charge on any atom is 0.361 e. The fourth-order valence-corrected chi connectivity index (χ4v) is 2.31. The second kappa shape index (κ2) is 6.40. The standard InChI is InChI=1S/C9H20O2Si/c1-5-8-10-12(4,7-3)11-9-6-2/h7H,3,5-6,8-9H2,1-2,4H3. The molecule has 0 fully saturated rings. The van der Waals surface area contributed by atoms with Gasteiger partial charge in [0.2, 0.25) is 0 Å². The number of rotatable bonds is 7. The minimum absolute atomic E-state index is 0.776. The first-order chi connectivity index (χ1) is 5.68. The van der Waals surface area contributed by atoms with Crippen molar-refractivity contribution >= 4 is 8.56 Å². The Morgan fingerprint density at radius 2 is 1.58 bits per heavy atom. The molecule has 0 aromatic heterocycles. The van der Waals surface area contributed by atoms with Crippen LogP contribution in [0, 0.1) is 0 Å². The zero-order chi connectivity index (χ0) is 9.45. The van der Waals surface area contributed by atoms with Crippen LogP contribution in [0.25, 0.3) is 0 Å². The molecular formula is C9H20O2Si. The lowest BCUT2D eigenvalue weighted by atomic mass is 10.5. The van der Waals surface area contributed by atoms with Gasteiger partial charge in [0.1, 0.15) is 0 Å². The Labute approximate surface area is 76.8 Å². The van der Waals surface area contributed by atoms with Crippen LogP contribution in [0.4, 0.5) is 0 Å². The maximum atomic E-state index is 5.63. The molecular weight excluding hydrogens is 168 g/mol. The van der Waals surface area contributed by atoms with E-state index in [1.54, 1.807) is 0 Å². The van der Waals surface area contributed by atoms with E-state index in [2.05, 4.69) is 20.4 Å². The van der Waals surface area contributed by atoms with Crippen LogP contribution in [0.3, 0.4) is 0 Å². The summed E-state index contributed by atoms with van der Waals surface area (Å²) in [5, 5.41) is 0. The Hall–Kier alpha value is -0.123. The summed E-state index contributed by atoms with van der Waals surface area (Å²) in [6.45, 7) is 11.5. The average Bonchev–Trinajstić information content (AvgIpc) is 2.11. The van der Waals surface area contributed by atoms with Gasteiger partial charge < -0.3 is 8.85 Å². The monoisotopic (exact) mass is 188 g/mol. The lowest BCUT2D eigenvalue weighted by Crippen LogP contribution is -2.37. The second-order valence-electron chi connectivity index (χ2n) is 2.92. The van der Waals surface area contributed by atoms with Gasteiger partial charge in [0.05, 0.1) is 0 Å². The van der Waals surface area contributed by atoms with Gasteiger partial charge in [0.15, 0.2) is 0 Å². The van der Waals surface area contributed by atoms with Crippen molar-refractivity contribution < 1.29 is 8.85 Å². The molecule has 0 aliphatic heterocycles. The zero-order valence-corrected chi connectivity index (χ0v) is 9.43. The highest BCUT2D eigenvalue weighted by atomic mass is 28.4. The first-order valence-corrected chi connectivity index (χ1v) is 6.99. The molecule has 0 aromatic carbocycles. The summed E-state index contributed by atoms with van der Waals surface area (Å²) in [5.41, 5.74) is 1.85. The smallest absolute Gasteiger partial charge is 0.361 e. The Kier molecular flexibility index (Phi) is 6.33. The van der Waals surface area contributed by atoms with Crippen molar-refractivity contribution in [1.82, 2.24) is 0 Å². The third-order valence-electron chi connectivity index (χ3n) is 1.56. The summed E-state index contributed by atoms with van der Waals surface area (Å²) in [4.78, 5) is 0.